The fourth-order valence-corrected chi connectivity index (χ4v) is 3.52. The second-order valence-electron chi connectivity index (χ2n) is 6.39. The van der Waals surface area contributed by atoms with E-state index in [1.165, 1.54) is 17.8 Å². The van der Waals surface area contributed by atoms with Crippen LogP contribution in [0.4, 0.5) is 13.2 Å². The Balaban J connectivity index is 1.69. The van der Waals surface area contributed by atoms with E-state index in [1.807, 2.05) is 35.8 Å². The number of rotatable bonds is 8. The minimum absolute atomic E-state index is 0.230. The molecule has 8 heteroatoms. The van der Waals surface area contributed by atoms with Crippen molar-refractivity contribution in [1.29, 1.82) is 0 Å². The van der Waals surface area contributed by atoms with Crippen LogP contribution in [-0.4, -0.2) is 14.8 Å². The lowest BCUT2D eigenvalue weighted by molar-refractivity contribution is -0.137. The van der Waals surface area contributed by atoms with Crippen molar-refractivity contribution in [1.82, 2.24) is 14.8 Å². The fraction of sp³-hybridized carbons (Fsp3) is 0.238. The number of alkyl halides is 3. The first-order valence-corrected chi connectivity index (χ1v) is 9.87. The van der Waals surface area contributed by atoms with E-state index in [2.05, 4.69) is 16.8 Å². The molecule has 0 saturated heterocycles. The van der Waals surface area contributed by atoms with Gasteiger partial charge in [-0.25, -0.2) is 0 Å². The summed E-state index contributed by atoms with van der Waals surface area (Å²) in [6.45, 7) is 6.46. The van der Waals surface area contributed by atoms with E-state index in [0.29, 0.717) is 28.8 Å². The summed E-state index contributed by atoms with van der Waals surface area (Å²) >= 11 is 1.32. The Hall–Kier alpha value is -2.74. The lowest BCUT2D eigenvalue weighted by atomic mass is 10.1. The number of benzene rings is 2. The Kier molecular flexibility index (Phi) is 6.64. The van der Waals surface area contributed by atoms with Crippen LogP contribution < -0.4 is 4.74 Å². The van der Waals surface area contributed by atoms with Gasteiger partial charge in [-0.15, -0.1) is 16.8 Å². The molecule has 2 aromatic carbocycles. The average Bonchev–Trinajstić information content (AvgIpc) is 3.07. The average molecular weight is 419 g/mol. The summed E-state index contributed by atoms with van der Waals surface area (Å²) in [5.41, 5.74) is 1.05. The highest BCUT2D eigenvalue weighted by molar-refractivity contribution is 7.98. The highest BCUT2D eigenvalue weighted by Crippen LogP contribution is 2.31. The molecule has 3 aromatic rings. The molecule has 0 amide bonds. The monoisotopic (exact) mass is 419 g/mol. The summed E-state index contributed by atoms with van der Waals surface area (Å²) in [5, 5.41) is 8.95. The first-order chi connectivity index (χ1) is 13.9. The van der Waals surface area contributed by atoms with E-state index in [9.17, 15) is 13.2 Å². The smallest absolute Gasteiger partial charge is 0.416 e. The van der Waals surface area contributed by atoms with Gasteiger partial charge in [0, 0.05) is 12.3 Å². The maximum absolute atomic E-state index is 12.9. The molecule has 1 heterocycles. The molecule has 0 unspecified atom stereocenters. The molecule has 0 aliphatic heterocycles. The zero-order valence-corrected chi connectivity index (χ0v) is 16.6. The Morgan fingerprint density at radius 3 is 2.59 bits per heavy atom. The van der Waals surface area contributed by atoms with Gasteiger partial charge < -0.3 is 4.74 Å². The lowest BCUT2D eigenvalue weighted by Crippen LogP contribution is -2.07. The number of allylic oxidation sites excluding steroid dienone is 1. The zero-order valence-electron chi connectivity index (χ0n) is 15.8. The van der Waals surface area contributed by atoms with E-state index in [-0.39, 0.29) is 6.61 Å². The fourth-order valence-electron chi connectivity index (χ4n) is 2.61. The molecule has 3 rings (SSSR count). The minimum atomic E-state index is -4.36. The number of hydrogen-bond donors (Lipinski definition) is 0. The van der Waals surface area contributed by atoms with Crippen LogP contribution in [0.25, 0.3) is 0 Å². The molecule has 0 spiro atoms. The molecule has 0 atom stereocenters. The first-order valence-electron chi connectivity index (χ1n) is 8.88. The van der Waals surface area contributed by atoms with Gasteiger partial charge in [-0.3, -0.25) is 4.57 Å². The summed E-state index contributed by atoms with van der Waals surface area (Å²) < 4.78 is 46.3. The topological polar surface area (TPSA) is 39.9 Å². The van der Waals surface area contributed by atoms with Gasteiger partial charge in [-0.2, -0.15) is 13.2 Å². The van der Waals surface area contributed by atoms with Crippen molar-refractivity contribution >= 4 is 11.8 Å². The summed E-state index contributed by atoms with van der Waals surface area (Å²) in [5.74, 6) is 1.69. The number of hydrogen-bond acceptors (Lipinski definition) is 4. The largest absolute Gasteiger partial charge is 0.486 e. The molecule has 0 saturated carbocycles. The third kappa shape index (κ3) is 5.63. The predicted molar refractivity (Wildman–Crippen MR) is 107 cm³/mol. The van der Waals surface area contributed by atoms with Gasteiger partial charge in [0.25, 0.3) is 0 Å². The quantitative estimate of drug-likeness (QED) is 0.349. The van der Waals surface area contributed by atoms with E-state index in [0.717, 1.165) is 23.4 Å². The van der Waals surface area contributed by atoms with E-state index in [1.54, 1.807) is 12.1 Å². The molecule has 0 N–H and O–H groups in total. The Bertz CT molecular complexity index is 968. The van der Waals surface area contributed by atoms with Crippen molar-refractivity contribution < 1.29 is 17.9 Å². The van der Waals surface area contributed by atoms with E-state index >= 15 is 0 Å². The molecule has 0 fully saturated rings. The zero-order chi connectivity index (χ0) is 20.9. The van der Waals surface area contributed by atoms with Gasteiger partial charge in [0.2, 0.25) is 0 Å². The second-order valence-corrected chi connectivity index (χ2v) is 7.33. The van der Waals surface area contributed by atoms with Crippen molar-refractivity contribution in [2.45, 2.75) is 37.2 Å². The highest BCUT2D eigenvalue weighted by atomic mass is 32.2. The Labute approximate surface area is 171 Å². The van der Waals surface area contributed by atoms with Gasteiger partial charge in [-0.05, 0) is 30.7 Å². The summed E-state index contributed by atoms with van der Waals surface area (Å²) in [4.78, 5) is 0. The third-order valence-corrected chi connectivity index (χ3v) is 5.15. The normalized spacial score (nSPS) is 11.4. The first kappa shape index (κ1) is 21.0. The van der Waals surface area contributed by atoms with Crippen LogP contribution in [0.5, 0.6) is 5.75 Å². The van der Waals surface area contributed by atoms with Crippen molar-refractivity contribution in [3.05, 3.63) is 83.7 Å². The van der Waals surface area contributed by atoms with Crippen LogP contribution in [0.1, 0.15) is 22.5 Å². The van der Waals surface area contributed by atoms with Crippen molar-refractivity contribution in [3.63, 3.8) is 0 Å². The molecular formula is C21H20F3N3OS. The standard InChI is InChI=1S/C21H20F3N3OS/c1-3-11-27-19(13-28-18-9-7-15(2)8-10-18)25-26-20(27)29-14-16-5-4-6-17(12-16)21(22,23)24/h3-10,12H,1,11,13-14H2,2H3. The lowest BCUT2D eigenvalue weighted by Gasteiger charge is -2.10. The Morgan fingerprint density at radius 2 is 1.90 bits per heavy atom. The van der Waals surface area contributed by atoms with Crippen LogP contribution >= 0.6 is 11.8 Å². The van der Waals surface area contributed by atoms with Gasteiger partial charge in [0.15, 0.2) is 11.0 Å². The number of ether oxygens (including phenoxy) is 1. The van der Waals surface area contributed by atoms with Gasteiger partial charge in [0.05, 0.1) is 5.56 Å². The summed E-state index contributed by atoms with van der Waals surface area (Å²) in [6, 6.07) is 13.0. The SMILES string of the molecule is C=CCn1c(COc2ccc(C)cc2)nnc1SCc1cccc(C(F)(F)F)c1. The van der Waals surface area contributed by atoms with Crippen LogP contribution in [0.2, 0.25) is 0 Å². The molecule has 4 nitrogen and oxygen atoms in total. The van der Waals surface area contributed by atoms with Crippen molar-refractivity contribution in [2.75, 3.05) is 0 Å². The molecule has 29 heavy (non-hydrogen) atoms. The number of aromatic nitrogens is 3. The van der Waals surface area contributed by atoms with Crippen molar-refractivity contribution in [3.8, 4) is 5.75 Å². The minimum Gasteiger partial charge on any atom is -0.486 e. The molecule has 0 radical (unpaired) electrons. The number of aryl methyl sites for hydroxylation is 1. The summed E-state index contributed by atoms with van der Waals surface area (Å²) in [6.07, 6.45) is -2.64. The molecule has 1 aromatic heterocycles. The van der Waals surface area contributed by atoms with Crippen LogP contribution in [0.15, 0.2) is 66.3 Å². The number of nitrogens with zero attached hydrogens (tertiary/aromatic N) is 3. The van der Waals surface area contributed by atoms with Gasteiger partial charge in [0.1, 0.15) is 12.4 Å². The Morgan fingerprint density at radius 1 is 1.14 bits per heavy atom. The van der Waals surface area contributed by atoms with Gasteiger partial charge >= 0.3 is 6.18 Å². The van der Waals surface area contributed by atoms with Crippen LogP contribution in [0, 0.1) is 6.92 Å². The molecule has 0 bridgehead atoms. The molecule has 152 valence electrons. The predicted octanol–water partition coefficient (Wildman–Crippen LogP) is 5.66. The van der Waals surface area contributed by atoms with Crippen molar-refractivity contribution in [2.24, 2.45) is 0 Å². The second kappa shape index (κ2) is 9.17. The van der Waals surface area contributed by atoms with E-state index in [4.69, 9.17) is 4.74 Å². The highest BCUT2D eigenvalue weighted by Gasteiger charge is 2.30. The molecule has 0 aliphatic carbocycles. The van der Waals surface area contributed by atoms with E-state index < -0.39 is 11.7 Å². The molecular weight excluding hydrogens is 399 g/mol. The summed E-state index contributed by atoms with van der Waals surface area (Å²) in [7, 11) is 0. The third-order valence-electron chi connectivity index (χ3n) is 4.12. The number of halogens is 3. The van der Waals surface area contributed by atoms with Crippen LogP contribution in [0.3, 0.4) is 0 Å². The number of thioether (sulfide) groups is 1. The maximum atomic E-state index is 12.9. The maximum Gasteiger partial charge on any atom is 0.416 e. The molecule has 0 aliphatic rings. The van der Waals surface area contributed by atoms with Crippen LogP contribution in [-0.2, 0) is 25.1 Å². The van der Waals surface area contributed by atoms with Gasteiger partial charge in [-0.1, -0.05) is 53.7 Å².